The first-order valence-electron chi connectivity index (χ1n) is 7.23. The van der Waals surface area contributed by atoms with E-state index in [1.807, 2.05) is 12.1 Å². The van der Waals surface area contributed by atoms with E-state index < -0.39 is 0 Å². The number of nitrogen functional groups attached to an aromatic ring is 1. The lowest BCUT2D eigenvalue weighted by molar-refractivity contribution is 0.101. The molecule has 1 aliphatic rings. The number of nitrogens with two attached hydrogens (primary N) is 1. The maximum Gasteiger partial charge on any atom is 0.251 e. The second-order valence-corrected chi connectivity index (χ2v) is 5.52. The number of benzene rings is 1. The van der Waals surface area contributed by atoms with Gasteiger partial charge in [-0.1, -0.05) is 12.1 Å². The number of fused-ring (bicyclic) bond motifs is 1. The molecule has 1 aromatic carbocycles. The number of para-hydroxylation sites is 1. The van der Waals surface area contributed by atoms with Gasteiger partial charge in [0, 0.05) is 28.5 Å². The molecule has 0 atom stereocenters. The molecule has 0 fully saturated rings. The average molecular weight is 282 g/mol. The minimum absolute atomic E-state index is 0.00487. The summed E-state index contributed by atoms with van der Waals surface area (Å²) in [4.78, 5) is 26.4. The van der Waals surface area contributed by atoms with E-state index in [4.69, 9.17) is 5.73 Å². The zero-order valence-corrected chi connectivity index (χ0v) is 12.0. The highest BCUT2D eigenvalue weighted by molar-refractivity contribution is 6.02. The van der Waals surface area contributed by atoms with Crippen LogP contribution in [0.15, 0.2) is 29.2 Å². The Kier molecular flexibility index (Phi) is 3.37. The summed E-state index contributed by atoms with van der Waals surface area (Å²) >= 11 is 0. The third-order valence-corrected chi connectivity index (χ3v) is 4.19. The highest BCUT2D eigenvalue weighted by atomic mass is 16.1. The molecule has 1 aliphatic carbocycles. The highest BCUT2D eigenvalue weighted by Gasteiger charge is 2.19. The van der Waals surface area contributed by atoms with E-state index in [0.717, 1.165) is 47.9 Å². The Balaban J connectivity index is 2.25. The van der Waals surface area contributed by atoms with Crippen molar-refractivity contribution in [2.45, 2.75) is 32.6 Å². The molecular weight excluding hydrogens is 264 g/mol. The van der Waals surface area contributed by atoms with Crippen LogP contribution in [-0.4, -0.2) is 10.8 Å². The van der Waals surface area contributed by atoms with E-state index in [1.165, 1.54) is 6.92 Å². The number of aromatic nitrogens is 1. The molecule has 21 heavy (non-hydrogen) atoms. The van der Waals surface area contributed by atoms with Crippen molar-refractivity contribution in [3.8, 4) is 11.1 Å². The molecule has 4 nitrogen and oxygen atoms in total. The SMILES string of the molecule is CC(=O)c1cccc(-c2c[nH]c(=O)c3c2CCCC3)c1N. The number of Topliss-reactive ketones (excluding diaryl/α,β-unsaturated/α-hetero) is 1. The number of aromatic amines is 1. The molecule has 3 N–H and O–H groups in total. The number of H-pyrrole nitrogens is 1. The van der Waals surface area contributed by atoms with Crippen LogP contribution in [0.1, 0.15) is 41.3 Å². The van der Waals surface area contributed by atoms with E-state index in [-0.39, 0.29) is 11.3 Å². The third-order valence-electron chi connectivity index (χ3n) is 4.19. The molecule has 3 rings (SSSR count). The van der Waals surface area contributed by atoms with Gasteiger partial charge >= 0.3 is 0 Å². The topological polar surface area (TPSA) is 76.0 Å². The number of hydrogen-bond donors (Lipinski definition) is 2. The smallest absolute Gasteiger partial charge is 0.251 e. The molecule has 0 unspecified atom stereocenters. The number of anilines is 1. The van der Waals surface area contributed by atoms with Gasteiger partial charge < -0.3 is 10.7 Å². The van der Waals surface area contributed by atoms with Crippen molar-refractivity contribution in [1.82, 2.24) is 4.98 Å². The summed E-state index contributed by atoms with van der Waals surface area (Å²) in [6, 6.07) is 5.48. The fraction of sp³-hybridized carbons (Fsp3) is 0.294. The van der Waals surface area contributed by atoms with Gasteiger partial charge in [0.25, 0.3) is 5.56 Å². The number of pyridine rings is 1. The second kappa shape index (κ2) is 5.20. The van der Waals surface area contributed by atoms with Crippen molar-refractivity contribution < 1.29 is 4.79 Å². The quantitative estimate of drug-likeness (QED) is 0.657. The Morgan fingerprint density at radius 1 is 1.14 bits per heavy atom. The fourth-order valence-corrected chi connectivity index (χ4v) is 3.11. The van der Waals surface area contributed by atoms with Crippen molar-refractivity contribution in [3.63, 3.8) is 0 Å². The zero-order valence-electron chi connectivity index (χ0n) is 12.0. The molecular formula is C17H18N2O2. The van der Waals surface area contributed by atoms with Crippen molar-refractivity contribution in [1.29, 1.82) is 0 Å². The maximum atomic E-state index is 12.0. The lowest BCUT2D eigenvalue weighted by Crippen LogP contribution is -2.19. The summed E-state index contributed by atoms with van der Waals surface area (Å²) in [5, 5.41) is 0. The average Bonchev–Trinajstić information content (AvgIpc) is 2.48. The molecule has 0 spiro atoms. The Morgan fingerprint density at radius 3 is 2.57 bits per heavy atom. The first-order valence-corrected chi connectivity index (χ1v) is 7.23. The number of ketones is 1. The van der Waals surface area contributed by atoms with E-state index in [1.54, 1.807) is 12.3 Å². The number of carbonyl (C=O) groups excluding carboxylic acids is 1. The maximum absolute atomic E-state index is 12.0. The van der Waals surface area contributed by atoms with Crippen molar-refractivity contribution in [2.24, 2.45) is 0 Å². The Morgan fingerprint density at radius 2 is 1.86 bits per heavy atom. The summed E-state index contributed by atoms with van der Waals surface area (Å²) in [6.07, 6.45) is 5.55. The molecule has 1 aromatic heterocycles. The summed E-state index contributed by atoms with van der Waals surface area (Å²) < 4.78 is 0. The van der Waals surface area contributed by atoms with E-state index in [0.29, 0.717) is 11.3 Å². The molecule has 1 heterocycles. The van der Waals surface area contributed by atoms with Gasteiger partial charge in [-0.2, -0.15) is 0 Å². The fourth-order valence-electron chi connectivity index (χ4n) is 3.11. The van der Waals surface area contributed by atoms with Gasteiger partial charge in [0.1, 0.15) is 0 Å². The predicted molar refractivity (Wildman–Crippen MR) is 83.6 cm³/mol. The number of carbonyl (C=O) groups is 1. The number of nitrogens with one attached hydrogen (secondary N) is 1. The monoisotopic (exact) mass is 282 g/mol. The summed E-state index contributed by atoms with van der Waals surface area (Å²) in [5.41, 5.74) is 10.9. The standard InChI is InChI=1S/C17H18N2O2/c1-10(20)11-7-4-8-13(16(11)18)15-9-19-17(21)14-6-3-2-5-12(14)15/h4,7-9H,2-3,5-6,18H2,1H3,(H,19,21). The van der Waals surface area contributed by atoms with Gasteiger partial charge in [-0.15, -0.1) is 0 Å². The molecule has 0 bridgehead atoms. The first kappa shape index (κ1) is 13.6. The van der Waals surface area contributed by atoms with Crippen LogP contribution < -0.4 is 11.3 Å². The van der Waals surface area contributed by atoms with E-state index in [9.17, 15) is 9.59 Å². The largest absolute Gasteiger partial charge is 0.398 e. The Hall–Kier alpha value is -2.36. The Labute approximate surface area is 123 Å². The van der Waals surface area contributed by atoms with Gasteiger partial charge in [0.15, 0.2) is 5.78 Å². The van der Waals surface area contributed by atoms with Crippen molar-refractivity contribution in [2.75, 3.05) is 5.73 Å². The number of rotatable bonds is 2. The zero-order chi connectivity index (χ0) is 15.0. The second-order valence-electron chi connectivity index (χ2n) is 5.52. The lowest BCUT2D eigenvalue weighted by Gasteiger charge is -2.19. The molecule has 108 valence electrons. The van der Waals surface area contributed by atoms with Crippen LogP contribution in [0.25, 0.3) is 11.1 Å². The number of hydrogen-bond acceptors (Lipinski definition) is 3. The van der Waals surface area contributed by atoms with Crippen LogP contribution in [0, 0.1) is 0 Å². The molecule has 2 aromatic rings. The van der Waals surface area contributed by atoms with Gasteiger partial charge in [0.05, 0.1) is 5.69 Å². The van der Waals surface area contributed by atoms with Crippen LogP contribution in [0.5, 0.6) is 0 Å². The lowest BCUT2D eigenvalue weighted by atomic mass is 9.86. The predicted octanol–water partition coefficient (Wildman–Crippen LogP) is 2.71. The normalized spacial score (nSPS) is 13.8. The van der Waals surface area contributed by atoms with Gasteiger partial charge in [0.2, 0.25) is 0 Å². The van der Waals surface area contributed by atoms with Crippen LogP contribution in [0.4, 0.5) is 5.69 Å². The third kappa shape index (κ3) is 2.27. The van der Waals surface area contributed by atoms with E-state index >= 15 is 0 Å². The van der Waals surface area contributed by atoms with Crippen molar-refractivity contribution in [3.05, 3.63) is 51.4 Å². The van der Waals surface area contributed by atoms with E-state index in [2.05, 4.69) is 4.98 Å². The summed E-state index contributed by atoms with van der Waals surface area (Å²) in [5.74, 6) is -0.0485. The molecule has 0 radical (unpaired) electrons. The molecule has 0 saturated carbocycles. The Bertz CT molecular complexity index is 775. The minimum atomic E-state index is -0.0485. The van der Waals surface area contributed by atoms with Gasteiger partial charge in [-0.3, -0.25) is 9.59 Å². The molecule has 0 saturated heterocycles. The van der Waals surface area contributed by atoms with Gasteiger partial charge in [-0.05, 0) is 44.2 Å². The first-order chi connectivity index (χ1) is 10.1. The van der Waals surface area contributed by atoms with Crippen LogP contribution in [0.3, 0.4) is 0 Å². The minimum Gasteiger partial charge on any atom is -0.398 e. The van der Waals surface area contributed by atoms with Crippen molar-refractivity contribution >= 4 is 11.5 Å². The molecule has 4 heteroatoms. The summed E-state index contributed by atoms with van der Waals surface area (Å²) in [7, 11) is 0. The molecule has 0 amide bonds. The van der Waals surface area contributed by atoms with Gasteiger partial charge in [-0.25, -0.2) is 0 Å². The summed E-state index contributed by atoms with van der Waals surface area (Å²) in [6.45, 7) is 1.51. The highest BCUT2D eigenvalue weighted by Crippen LogP contribution is 2.34. The van der Waals surface area contributed by atoms with Crippen LogP contribution in [-0.2, 0) is 12.8 Å². The van der Waals surface area contributed by atoms with Crippen LogP contribution in [0.2, 0.25) is 0 Å². The molecule has 0 aliphatic heterocycles. The van der Waals surface area contributed by atoms with Crippen LogP contribution >= 0.6 is 0 Å².